The second kappa shape index (κ2) is 6.07. The predicted molar refractivity (Wildman–Crippen MR) is 75.6 cm³/mol. The molecule has 23 heavy (non-hydrogen) atoms. The van der Waals surface area contributed by atoms with Crippen LogP contribution in [0.25, 0.3) is 0 Å². The van der Waals surface area contributed by atoms with Gasteiger partial charge in [0.05, 0.1) is 19.4 Å². The van der Waals surface area contributed by atoms with E-state index >= 15 is 0 Å². The van der Waals surface area contributed by atoms with Gasteiger partial charge in [-0.15, -0.1) is 10.2 Å². The quantitative estimate of drug-likeness (QED) is 0.445. The Labute approximate surface area is 130 Å². The first-order valence-electron chi connectivity index (χ1n) is 6.74. The molecule has 1 atom stereocenters. The SMILES string of the molecule is COC(=O)C(=O)[C@@H](C(=O)Cc1nc2n(c1O)C(=N)N=N2)C(C)C. The maximum absolute atomic E-state index is 12.4. The molecule has 2 heterocycles. The Morgan fingerprint density at radius 2 is 1.96 bits per heavy atom. The van der Waals surface area contributed by atoms with Gasteiger partial charge in [0.15, 0.2) is 0 Å². The van der Waals surface area contributed by atoms with Gasteiger partial charge in [-0.3, -0.25) is 15.0 Å². The first-order chi connectivity index (χ1) is 10.8. The van der Waals surface area contributed by atoms with E-state index in [1.807, 2.05) is 0 Å². The zero-order valence-corrected chi connectivity index (χ0v) is 12.7. The van der Waals surface area contributed by atoms with Crippen LogP contribution in [0, 0.1) is 17.2 Å². The number of rotatable bonds is 6. The Balaban J connectivity index is 2.25. The molecule has 0 radical (unpaired) electrons. The van der Waals surface area contributed by atoms with Crippen molar-refractivity contribution in [2.75, 3.05) is 7.11 Å². The number of aromatic hydroxyl groups is 1. The molecule has 1 aromatic heterocycles. The molecule has 10 heteroatoms. The van der Waals surface area contributed by atoms with Crippen LogP contribution in [0.5, 0.6) is 5.88 Å². The molecule has 0 fully saturated rings. The van der Waals surface area contributed by atoms with Crippen molar-refractivity contribution in [2.45, 2.75) is 20.3 Å². The highest BCUT2D eigenvalue weighted by molar-refractivity contribution is 6.38. The highest BCUT2D eigenvalue weighted by Gasteiger charge is 2.36. The highest BCUT2D eigenvalue weighted by atomic mass is 16.5. The van der Waals surface area contributed by atoms with Crippen molar-refractivity contribution in [2.24, 2.45) is 22.1 Å². The number of imidazole rings is 1. The summed E-state index contributed by atoms with van der Waals surface area (Å²) in [6, 6.07) is 0. The minimum atomic E-state index is -1.19. The second-order valence-corrected chi connectivity index (χ2v) is 5.26. The molecule has 2 N–H and O–H groups in total. The smallest absolute Gasteiger partial charge is 0.375 e. The summed E-state index contributed by atoms with van der Waals surface area (Å²) in [5, 5.41) is 24.5. The zero-order valence-electron chi connectivity index (χ0n) is 12.7. The Morgan fingerprint density at radius 1 is 1.30 bits per heavy atom. The van der Waals surface area contributed by atoms with Crippen molar-refractivity contribution in [3.63, 3.8) is 0 Å². The number of azo groups is 1. The lowest BCUT2D eigenvalue weighted by Crippen LogP contribution is -2.35. The van der Waals surface area contributed by atoms with Crippen molar-refractivity contribution in [1.29, 1.82) is 5.41 Å². The molecule has 122 valence electrons. The van der Waals surface area contributed by atoms with Gasteiger partial charge in [0.1, 0.15) is 11.5 Å². The van der Waals surface area contributed by atoms with Gasteiger partial charge in [-0.25, -0.2) is 14.3 Å². The molecular weight excluding hydrogens is 306 g/mol. The first kappa shape index (κ1) is 16.5. The summed E-state index contributed by atoms with van der Waals surface area (Å²) in [4.78, 5) is 39.7. The summed E-state index contributed by atoms with van der Waals surface area (Å²) in [6.45, 7) is 3.25. The summed E-state index contributed by atoms with van der Waals surface area (Å²) >= 11 is 0. The van der Waals surface area contributed by atoms with E-state index in [0.717, 1.165) is 11.7 Å². The van der Waals surface area contributed by atoms with Crippen molar-refractivity contribution < 1.29 is 24.2 Å². The number of nitrogens with zero attached hydrogens (tertiary/aromatic N) is 4. The maximum atomic E-state index is 12.4. The van der Waals surface area contributed by atoms with Gasteiger partial charge < -0.3 is 9.84 Å². The Morgan fingerprint density at radius 3 is 2.48 bits per heavy atom. The Bertz CT molecular complexity index is 733. The van der Waals surface area contributed by atoms with Gasteiger partial charge in [-0.05, 0) is 5.92 Å². The minimum Gasteiger partial charge on any atom is -0.493 e. The van der Waals surface area contributed by atoms with Crippen LogP contribution in [0.2, 0.25) is 0 Å². The molecule has 0 unspecified atom stereocenters. The molecule has 0 amide bonds. The van der Waals surface area contributed by atoms with Crippen LogP contribution >= 0.6 is 0 Å². The van der Waals surface area contributed by atoms with Crippen LogP contribution in [0.3, 0.4) is 0 Å². The molecule has 0 aromatic carbocycles. The lowest BCUT2D eigenvalue weighted by atomic mass is 9.85. The molecule has 0 spiro atoms. The molecule has 1 aromatic rings. The third kappa shape index (κ3) is 2.87. The molecule has 0 saturated heterocycles. The fraction of sp³-hybridized carbons (Fsp3) is 0.462. The molecule has 1 aliphatic heterocycles. The van der Waals surface area contributed by atoms with E-state index in [1.54, 1.807) is 13.8 Å². The van der Waals surface area contributed by atoms with Gasteiger partial charge in [0, 0.05) is 0 Å². The summed E-state index contributed by atoms with van der Waals surface area (Å²) in [7, 11) is 1.06. The standard InChI is InChI=1S/C13H15N5O5/c1-5(2)8(9(20)11(22)23-3)7(19)4-6-10(21)18-12(14)16-17-13(18)15-6/h5,8,14,21H,4H2,1-3H3/t8-/m1/s1. The van der Waals surface area contributed by atoms with Crippen molar-refractivity contribution in [3.8, 4) is 5.88 Å². The third-order valence-corrected chi connectivity index (χ3v) is 3.38. The Hall–Kier alpha value is -2.91. The fourth-order valence-electron chi connectivity index (χ4n) is 2.29. The number of carbonyl (C=O) groups excluding carboxylic acids is 3. The van der Waals surface area contributed by atoms with E-state index in [2.05, 4.69) is 19.9 Å². The molecule has 2 rings (SSSR count). The number of ketones is 2. The van der Waals surface area contributed by atoms with Crippen LogP contribution in [0.1, 0.15) is 19.5 Å². The first-order valence-corrected chi connectivity index (χ1v) is 6.74. The van der Waals surface area contributed by atoms with Gasteiger partial charge in [-0.2, -0.15) is 0 Å². The van der Waals surface area contributed by atoms with Crippen LogP contribution in [-0.2, 0) is 25.5 Å². The molecule has 0 saturated carbocycles. The highest BCUT2D eigenvalue weighted by Crippen LogP contribution is 2.30. The number of Topliss-reactive ketones (excluding diaryl/α,β-unsaturated/α-hetero) is 2. The number of esters is 1. The Kier molecular flexibility index (Phi) is 4.34. The van der Waals surface area contributed by atoms with Crippen LogP contribution < -0.4 is 0 Å². The number of carbonyl (C=O) groups is 3. The fourth-order valence-corrected chi connectivity index (χ4v) is 2.29. The average Bonchev–Trinajstić information content (AvgIpc) is 2.99. The second-order valence-electron chi connectivity index (χ2n) is 5.26. The molecule has 0 bridgehead atoms. The lowest BCUT2D eigenvalue weighted by molar-refractivity contribution is -0.156. The average molecular weight is 321 g/mol. The van der Waals surface area contributed by atoms with Gasteiger partial charge >= 0.3 is 5.97 Å². The number of fused-ring (bicyclic) bond motifs is 1. The summed E-state index contributed by atoms with van der Waals surface area (Å²) in [6.07, 6.45) is -0.375. The lowest BCUT2D eigenvalue weighted by Gasteiger charge is -2.16. The summed E-state index contributed by atoms with van der Waals surface area (Å²) in [5.41, 5.74) is -0.0308. The third-order valence-electron chi connectivity index (χ3n) is 3.38. The van der Waals surface area contributed by atoms with Crippen molar-refractivity contribution in [1.82, 2.24) is 9.55 Å². The van der Waals surface area contributed by atoms with E-state index in [1.165, 1.54) is 0 Å². The van der Waals surface area contributed by atoms with Crippen molar-refractivity contribution in [3.05, 3.63) is 5.69 Å². The number of hydrogen-bond donors (Lipinski definition) is 2. The van der Waals surface area contributed by atoms with Gasteiger partial charge in [0.25, 0.3) is 17.7 Å². The molecular formula is C13H15N5O5. The van der Waals surface area contributed by atoms with Crippen LogP contribution in [-0.4, -0.2) is 45.3 Å². The minimum absolute atomic E-state index is 0.0179. The number of aromatic nitrogens is 2. The predicted octanol–water partition coefficient (Wildman–Crippen LogP) is 0.595. The molecule has 1 aliphatic rings. The number of nitrogens with one attached hydrogen (secondary N) is 1. The number of ether oxygens (including phenoxy) is 1. The van der Waals surface area contributed by atoms with Crippen LogP contribution in [0.15, 0.2) is 10.2 Å². The van der Waals surface area contributed by atoms with E-state index < -0.39 is 35.3 Å². The largest absolute Gasteiger partial charge is 0.493 e. The number of hydrogen-bond acceptors (Lipinski definition) is 8. The normalized spacial score (nSPS) is 14.0. The van der Waals surface area contributed by atoms with E-state index in [0.29, 0.717) is 0 Å². The zero-order chi connectivity index (χ0) is 17.3. The topological polar surface area (TPSA) is 147 Å². The molecule has 10 nitrogen and oxygen atoms in total. The maximum Gasteiger partial charge on any atom is 0.375 e. The number of methoxy groups -OCH3 is 1. The summed E-state index contributed by atoms with van der Waals surface area (Å²) < 4.78 is 5.33. The van der Waals surface area contributed by atoms with Gasteiger partial charge in [-0.1, -0.05) is 13.8 Å². The van der Waals surface area contributed by atoms with Crippen LogP contribution in [0.4, 0.5) is 5.95 Å². The van der Waals surface area contributed by atoms with E-state index in [4.69, 9.17) is 5.41 Å². The van der Waals surface area contributed by atoms with Gasteiger partial charge in [0.2, 0.25) is 5.88 Å². The van der Waals surface area contributed by atoms with E-state index in [-0.39, 0.29) is 24.0 Å². The van der Waals surface area contributed by atoms with E-state index in [9.17, 15) is 19.5 Å². The summed E-state index contributed by atoms with van der Waals surface area (Å²) in [5.74, 6) is -5.01. The van der Waals surface area contributed by atoms with Crippen molar-refractivity contribution >= 4 is 29.4 Å². The molecule has 0 aliphatic carbocycles. The monoisotopic (exact) mass is 321 g/mol.